The second-order valence-electron chi connectivity index (χ2n) is 7.46. The van der Waals surface area contributed by atoms with Crippen LogP contribution in [0.25, 0.3) is 23.1 Å². The van der Waals surface area contributed by atoms with E-state index in [-0.39, 0.29) is 23.8 Å². The van der Waals surface area contributed by atoms with Gasteiger partial charge in [-0.2, -0.15) is 18.3 Å². The smallest absolute Gasteiger partial charge is 0.420 e. The molecule has 0 aliphatic carbocycles. The monoisotopic (exact) mass is 498 g/mol. The van der Waals surface area contributed by atoms with Crippen LogP contribution in [0.15, 0.2) is 65.7 Å². The number of thioether (sulfide) groups is 1. The van der Waals surface area contributed by atoms with E-state index in [0.29, 0.717) is 5.75 Å². The van der Waals surface area contributed by atoms with E-state index in [9.17, 15) is 18.0 Å². The van der Waals surface area contributed by atoms with Crippen LogP contribution >= 0.6 is 11.8 Å². The molecule has 0 aliphatic rings. The molecule has 0 fully saturated rings. The van der Waals surface area contributed by atoms with Crippen LogP contribution in [0.3, 0.4) is 0 Å². The number of amides is 1. The van der Waals surface area contributed by atoms with E-state index < -0.39 is 11.7 Å². The second-order valence-corrected chi connectivity index (χ2v) is 8.63. The molecule has 0 saturated heterocycles. The third-order valence-corrected chi connectivity index (χ3v) is 6.05. The zero-order chi connectivity index (χ0) is 24.8. The van der Waals surface area contributed by atoms with E-state index in [2.05, 4.69) is 20.5 Å². The number of aromatic amines is 1. The number of H-pyrrole nitrogens is 1. The summed E-state index contributed by atoms with van der Waals surface area (Å²) in [5.74, 6) is -0.212. The molecule has 0 unspecified atom stereocenters. The Bertz CT molecular complexity index is 1350. The number of hydrogen-bond acceptors (Lipinski definition) is 5. The van der Waals surface area contributed by atoms with Crippen molar-refractivity contribution < 1.29 is 22.7 Å². The van der Waals surface area contributed by atoms with Gasteiger partial charge in [-0.15, -0.1) is 11.8 Å². The number of carbonyl (C=O) groups is 1. The molecule has 0 atom stereocenters. The van der Waals surface area contributed by atoms with Crippen molar-refractivity contribution in [2.24, 2.45) is 0 Å². The Kier molecular flexibility index (Phi) is 7.40. The first kappa shape index (κ1) is 24.3. The molecule has 0 spiro atoms. The Hall–Kier alpha value is -3.79. The maximum atomic E-state index is 13.2. The molecule has 180 valence electrons. The lowest BCUT2D eigenvalue weighted by Crippen LogP contribution is -2.14. The number of rotatable bonds is 8. The first-order chi connectivity index (χ1) is 16.8. The van der Waals surface area contributed by atoms with E-state index in [4.69, 9.17) is 4.74 Å². The van der Waals surface area contributed by atoms with E-state index in [1.165, 1.54) is 31.0 Å². The van der Waals surface area contributed by atoms with Crippen molar-refractivity contribution in [1.29, 1.82) is 0 Å². The van der Waals surface area contributed by atoms with Gasteiger partial charge in [-0.1, -0.05) is 6.07 Å². The highest BCUT2D eigenvalue weighted by Gasteiger charge is 2.34. The molecular weight excluding hydrogens is 477 g/mol. The maximum Gasteiger partial charge on any atom is 0.420 e. The summed E-state index contributed by atoms with van der Waals surface area (Å²) < 4.78 is 44.3. The highest BCUT2D eigenvalue weighted by molar-refractivity contribution is 7.99. The highest BCUT2D eigenvalue weighted by atomic mass is 32.2. The fourth-order valence-corrected chi connectivity index (χ4v) is 4.26. The number of benzene rings is 2. The third kappa shape index (κ3) is 6.21. The minimum atomic E-state index is -4.58. The largest absolute Gasteiger partial charge is 0.496 e. The second kappa shape index (κ2) is 10.6. The van der Waals surface area contributed by atoms with Crippen molar-refractivity contribution >= 4 is 46.4 Å². The van der Waals surface area contributed by atoms with Crippen LogP contribution in [0, 0.1) is 0 Å². The van der Waals surface area contributed by atoms with Crippen molar-refractivity contribution in [2.75, 3.05) is 18.2 Å². The zero-order valence-electron chi connectivity index (χ0n) is 18.6. The van der Waals surface area contributed by atoms with Crippen molar-refractivity contribution in [3.63, 3.8) is 0 Å². The first-order valence-electron chi connectivity index (χ1n) is 10.6. The third-order valence-electron chi connectivity index (χ3n) is 5.05. The molecule has 2 heterocycles. The van der Waals surface area contributed by atoms with E-state index in [1.807, 2.05) is 48.6 Å². The van der Waals surface area contributed by atoms with Crippen LogP contribution < -0.4 is 10.1 Å². The predicted molar refractivity (Wildman–Crippen MR) is 131 cm³/mol. The van der Waals surface area contributed by atoms with Crippen LogP contribution in [0.2, 0.25) is 0 Å². The van der Waals surface area contributed by atoms with Crippen molar-refractivity contribution in [2.45, 2.75) is 17.5 Å². The molecule has 2 N–H and O–H groups in total. The Balaban J connectivity index is 1.34. The lowest BCUT2D eigenvalue weighted by molar-refractivity contribution is -0.138. The average molecular weight is 499 g/mol. The van der Waals surface area contributed by atoms with Gasteiger partial charge in [0.1, 0.15) is 5.75 Å². The quantitative estimate of drug-likeness (QED) is 0.280. The Morgan fingerprint density at radius 2 is 2.00 bits per heavy atom. The van der Waals surface area contributed by atoms with Crippen LogP contribution in [0.1, 0.15) is 23.4 Å². The fraction of sp³-hybridized carbons (Fsp3) is 0.160. The number of methoxy groups -OCH3 is 1. The standard InChI is InChI=1S/C25H21F3N4O2S/c1-34-23-10-6-17(14-20(23)25(26,27)28)30-24(33)11-13-35-18-7-8-19-21(31-32-22(19)15-18)9-5-16-4-2-3-12-29-16/h2-10,12,14-15H,11,13H2,1H3,(H,30,33)(H,31,32). The summed E-state index contributed by atoms with van der Waals surface area (Å²) in [4.78, 5) is 17.5. The minimum Gasteiger partial charge on any atom is -0.496 e. The van der Waals surface area contributed by atoms with E-state index in [1.54, 1.807) is 6.20 Å². The average Bonchev–Trinajstić information content (AvgIpc) is 3.25. The summed E-state index contributed by atoms with van der Waals surface area (Å²) in [7, 11) is 1.17. The topological polar surface area (TPSA) is 79.9 Å². The first-order valence-corrected chi connectivity index (χ1v) is 11.6. The number of carbonyl (C=O) groups excluding carboxylic acids is 1. The minimum absolute atomic E-state index is 0.0679. The number of fused-ring (bicyclic) bond motifs is 1. The number of ether oxygens (including phenoxy) is 1. The van der Waals surface area contributed by atoms with E-state index in [0.717, 1.165) is 33.3 Å². The number of aromatic nitrogens is 3. The van der Waals surface area contributed by atoms with Crippen LogP contribution in [-0.2, 0) is 11.0 Å². The number of pyridine rings is 1. The molecule has 10 heteroatoms. The zero-order valence-corrected chi connectivity index (χ0v) is 19.4. The molecular formula is C25H21F3N4O2S. The lowest BCUT2D eigenvalue weighted by atomic mass is 10.1. The van der Waals surface area contributed by atoms with Crippen LogP contribution in [0.4, 0.5) is 18.9 Å². The Morgan fingerprint density at radius 3 is 2.74 bits per heavy atom. The summed E-state index contributed by atoms with van der Waals surface area (Å²) in [5.41, 5.74) is 1.61. The molecule has 35 heavy (non-hydrogen) atoms. The molecule has 0 aliphatic heterocycles. The van der Waals surface area contributed by atoms with Gasteiger partial charge in [0.15, 0.2) is 0 Å². The van der Waals surface area contributed by atoms with Gasteiger partial charge in [-0.25, -0.2) is 0 Å². The van der Waals surface area contributed by atoms with Gasteiger partial charge in [-0.3, -0.25) is 14.9 Å². The molecule has 1 amide bonds. The molecule has 0 radical (unpaired) electrons. The van der Waals surface area contributed by atoms with Crippen LogP contribution in [0.5, 0.6) is 5.75 Å². The SMILES string of the molecule is COc1ccc(NC(=O)CCSc2ccc3c(C=Cc4ccccn4)n[nH]c3c2)cc1C(F)(F)F. The Labute approximate surface area is 203 Å². The molecule has 0 bridgehead atoms. The van der Waals surface area contributed by atoms with E-state index >= 15 is 0 Å². The van der Waals surface area contributed by atoms with Gasteiger partial charge < -0.3 is 10.1 Å². The highest BCUT2D eigenvalue weighted by Crippen LogP contribution is 2.37. The van der Waals surface area contributed by atoms with Crippen molar-refractivity contribution in [3.05, 3.63) is 77.7 Å². The van der Waals surface area contributed by atoms with Crippen molar-refractivity contribution in [3.8, 4) is 5.75 Å². The summed E-state index contributed by atoms with van der Waals surface area (Å²) in [6.45, 7) is 0. The maximum absolute atomic E-state index is 13.2. The van der Waals surface area contributed by atoms with Gasteiger partial charge in [0.25, 0.3) is 0 Å². The van der Waals surface area contributed by atoms with Crippen molar-refractivity contribution in [1.82, 2.24) is 15.2 Å². The predicted octanol–water partition coefficient (Wildman–Crippen LogP) is 6.28. The summed E-state index contributed by atoms with van der Waals surface area (Å²) in [6, 6.07) is 15.0. The molecule has 6 nitrogen and oxygen atoms in total. The number of nitrogens with one attached hydrogen (secondary N) is 2. The van der Waals surface area contributed by atoms with Gasteiger partial charge in [0.05, 0.1) is 29.6 Å². The molecule has 4 aromatic rings. The fourth-order valence-electron chi connectivity index (χ4n) is 3.37. The molecule has 0 saturated carbocycles. The number of hydrogen-bond donors (Lipinski definition) is 2. The number of nitrogens with zero attached hydrogens (tertiary/aromatic N) is 2. The lowest BCUT2D eigenvalue weighted by Gasteiger charge is -2.14. The summed E-state index contributed by atoms with van der Waals surface area (Å²) in [6.07, 6.45) is 1.06. The molecule has 4 rings (SSSR count). The number of alkyl halides is 3. The number of anilines is 1. The van der Waals surface area contributed by atoms with Gasteiger partial charge in [-0.05, 0) is 60.7 Å². The summed E-state index contributed by atoms with van der Waals surface area (Å²) in [5, 5.41) is 10.8. The van der Waals surface area contributed by atoms with Gasteiger partial charge in [0.2, 0.25) is 5.91 Å². The van der Waals surface area contributed by atoms with Gasteiger partial charge in [0, 0.05) is 34.3 Å². The van der Waals surface area contributed by atoms with Crippen LogP contribution in [-0.4, -0.2) is 34.0 Å². The molecule has 2 aromatic heterocycles. The molecule has 2 aromatic carbocycles. The van der Waals surface area contributed by atoms with Gasteiger partial charge >= 0.3 is 6.18 Å². The Morgan fingerprint density at radius 1 is 1.14 bits per heavy atom. The number of halogens is 3. The normalized spacial score (nSPS) is 11.8. The summed E-state index contributed by atoms with van der Waals surface area (Å²) >= 11 is 1.47.